The lowest BCUT2D eigenvalue weighted by atomic mass is 10.00. The zero-order chi connectivity index (χ0) is 13.8. The summed E-state index contributed by atoms with van der Waals surface area (Å²) in [4.78, 5) is 12.5. The van der Waals surface area contributed by atoms with Gasteiger partial charge in [-0.05, 0) is 36.2 Å². The summed E-state index contributed by atoms with van der Waals surface area (Å²) in [5.74, 6) is -0.00710. The Balaban J connectivity index is 2.38. The number of aryl methyl sites for hydroxylation is 1. The van der Waals surface area contributed by atoms with E-state index in [9.17, 15) is 4.79 Å². The van der Waals surface area contributed by atoms with Gasteiger partial charge in [-0.2, -0.15) is 0 Å². The van der Waals surface area contributed by atoms with Gasteiger partial charge in [-0.1, -0.05) is 59.1 Å². The van der Waals surface area contributed by atoms with Gasteiger partial charge >= 0.3 is 0 Å². The normalized spacial score (nSPS) is 10.5. The second kappa shape index (κ2) is 6.36. The van der Waals surface area contributed by atoms with Gasteiger partial charge in [0.05, 0.1) is 0 Å². The summed E-state index contributed by atoms with van der Waals surface area (Å²) < 4.78 is 0.766. The van der Waals surface area contributed by atoms with Gasteiger partial charge in [0.2, 0.25) is 0 Å². The molecule has 0 unspecified atom stereocenters. The fourth-order valence-corrected chi connectivity index (χ4v) is 2.58. The lowest BCUT2D eigenvalue weighted by Gasteiger charge is -2.06. The summed E-state index contributed by atoms with van der Waals surface area (Å²) in [5.41, 5.74) is 2.49. The number of hydrogen-bond donors (Lipinski definition) is 0. The van der Waals surface area contributed by atoms with Crippen LogP contribution >= 0.6 is 27.5 Å². The number of benzene rings is 2. The van der Waals surface area contributed by atoms with Gasteiger partial charge in [0.1, 0.15) is 0 Å². The molecule has 2 rings (SSSR count). The van der Waals surface area contributed by atoms with Crippen LogP contribution in [0, 0.1) is 0 Å². The van der Waals surface area contributed by atoms with Crippen molar-refractivity contribution < 1.29 is 4.79 Å². The summed E-state index contributed by atoms with van der Waals surface area (Å²) in [5, 5.41) is 0.566. The first kappa shape index (κ1) is 14.3. The van der Waals surface area contributed by atoms with Crippen molar-refractivity contribution in [3.05, 3.63) is 68.7 Å². The average Bonchev–Trinajstić information content (AvgIpc) is 2.41. The molecular formula is C16H14BrClO. The number of carbonyl (C=O) groups is 1. The van der Waals surface area contributed by atoms with E-state index >= 15 is 0 Å². The van der Waals surface area contributed by atoms with Crippen molar-refractivity contribution in [3.8, 4) is 0 Å². The molecule has 0 heterocycles. The standard InChI is InChI=1S/C16H14BrClO/c1-2-4-11-5-3-6-12(9-11)16(19)14-10-13(18)7-8-15(14)17/h3,5-10H,2,4H2,1H3. The predicted molar refractivity (Wildman–Crippen MR) is 83.0 cm³/mol. The Hall–Kier alpha value is -1.12. The summed E-state index contributed by atoms with van der Waals surface area (Å²) in [6, 6.07) is 13.0. The third-order valence-electron chi connectivity index (χ3n) is 2.90. The highest BCUT2D eigenvalue weighted by Gasteiger charge is 2.13. The second-order valence-corrected chi connectivity index (χ2v) is 5.69. The predicted octanol–water partition coefficient (Wildman–Crippen LogP) is 5.29. The van der Waals surface area contributed by atoms with E-state index in [2.05, 4.69) is 22.9 Å². The highest BCUT2D eigenvalue weighted by molar-refractivity contribution is 9.10. The number of hydrogen-bond acceptors (Lipinski definition) is 1. The van der Waals surface area contributed by atoms with Crippen molar-refractivity contribution in [1.29, 1.82) is 0 Å². The maximum atomic E-state index is 12.5. The molecule has 0 saturated heterocycles. The zero-order valence-electron chi connectivity index (χ0n) is 10.6. The van der Waals surface area contributed by atoms with E-state index in [4.69, 9.17) is 11.6 Å². The highest BCUT2D eigenvalue weighted by Crippen LogP contribution is 2.24. The smallest absolute Gasteiger partial charge is 0.194 e. The Labute approximate surface area is 126 Å². The van der Waals surface area contributed by atoms with Gasteiger partial charge < -0.3 is 0 Å². The van der Waals surface area contributed by atoms with Crippen LogP contribution in [0.25, 0.3) is 0 Å². The van der Waals surface area contributed by atoms with E-state index in [-0.39, 0.29) is 5.78 Å². The lowest BCUT2D eigenvalue weighted by molar-refractivity contribution is 0.103. The first-order chi connectivity index (χ1) is 9.11. The fraction of sp³-hybridized carbons (Fsp3) is 0.188. The second-order valence-electron chi connectivity index (χ2n) is 4.40. The first-order valence-corrected chi connectivity index (χ1v) is 7.37. The van der Waals surface area contributed by atoms with Crippen LogP contribution in [-0.4, -0.2) is 5.78 Å². The molecule has 0 bridgehead atoms. The number of carbonyl (C=O) groups excluding carboxylic acids is 1. The Kier molecular flexibility index (Phi) is 4.78. The molecule has 0 radical (unpaired) electrons. The third kappa shape index (κ3) is 3.46. The molecule has 0 amide bonds. The third-order valence-corrected chi connectivity index (χ3v) is 3.83. The van der Waals surface area contributed by atoms with Gasteiger partial charge in [0.15, 0.2) is 5.78 Å². The molecule has 0 spiro atoms. The average molecular weight is 338 g/mol. The largest absolute Gasteiger partial charge is 0.289 e. The molecule has 0 aliphatic heterocycles. The molecule has 0 fully saturated rings. The molecule has 0 saturated carbocycles. The molecule has 0 aliphatic rings. The molecule has 0 aliphatic carbocycles. The van der Waals surface area contributed by atoms with Crippen molar-refractivity contribution in [2.24, 2.45) is 0 Å². The summed E-state index contributed by atoms with van der Waals surface area (Å²) >= 11 is 9.35. The van der Waals surface area contributed by atoms with Crippen LogP contribution in [0.3, 0.4) is 0 Å². The van der Waals surface area contributed by atoms with E-state index in [0.29, 0.717) is 16.1 Å². The molecule has 98 valence electrons. The van der Waals surface area contributed by atoms with E-state index in [1.54, 1.807) is 18.2 Å². The Morgan fingerprint density at radius 3 is 2.74 bits per heavy atom. The van der Waals surface area contributed by atoms with Crippen LogP contribution in [0.1, 0.15) is 34.8 Å². The lowest BCUT2D eigenvalue weighted by Crippen LogP contribution is -2.03. The van der Waals surface area contributed by atoms with Gasteiger partial charge in [0, 0.05) is 20.6 Å². The number of ketones is 1. The Bertz CT molecular complexity index is 607. The molecule has 2 aromatic rings. The SMILES string of the molecule is CCCc1cccc(C(=O)c2cc(Cl)ccc2Br)c1. The minimum absolute atomic E-state index is 0.00710. The molecular weight excluding hydrogens is 324 g/mol. The van der Waals surface area contributed by atoms with Gasteiger partial charge in [-0.15, -0.1) is 0 Å². The maximum Gasteiger partial charge on any atom is 0.194 e. The number of halogens is 2. The minimum Gasteiger partial charge on any atom is -0.289 e. The van der Waals surface area contributed by atoms with Crippen LogP contribution in [-0.2, 0) is 6.42 Å². The number of rotatable bonds is 4. The van der Waals surface area contributed by atoms with Crippen LogP contribution in [0.15, 0.2) is 46.9 Å². The Morgan fingerprint density at radius 1 is 1.21 bits per heavy atom. The van der Waals surface area contributed by atoms with Crippen LogP contribution < -0.4 is 0 Å². The van der Waals surface area contributed by atoms with Crippen molar-refractivity contribution in [3.63, 3.8) is 0 Å². The first-order valence-electron chi connectivity index (χ1n) is 6.20. The molecule has 3 heteroatoms. The van der Waals surface area contributed by atoms with Gasteiger partial charge in [0.25, 0.3) is 0 Å². The Morgan fingerprint density at radius 2 is 2.00 bits per heavy atom. The van der Waals surface area contributed by atoms with Crippen molar-refractivity contribution in [1.82, 2.24) is 0 Å². The molecule has 0 atom stereocenters. The molecule has 0 N–H and O–H groups in total. The van der Waals surface area contributed by atoms with E-state index < -0.39 is 0 Å². The topological polar surface area (TPSA) is 17.1 Å². The van der Waals surface area contributed by atoms with Crippen molar-refractivity contribution in [2.75, 3.05) is 0 Å². The summed E-state index contributed by atoms with van der Waals surface area (Å²) in [7, 11) is 0. The van der Waals surface area contributed by atoms with Crippen molar-refractivity contribution in [2.45, 2.75) is 19.8 Å². The van der Waals surface area contributed by atoms with Crippen LogP contribution in [0.4, 0.5) is 0 Å². The van der Waals surface area contributed by atoms with Crippen LogP contribution in [0.5, 0.6) is 0 Å². The van der Waals surface area contributed by atoms with Crippen LogP contribution in [0.2, 0.25) is 5.02 Å². The monoisotopic (exact) mass is 336 g/mol. The van der Waals surface area contributed by atoms with E-state index in [1.807, 2.05) is 24.3 Å². The zero-order valence-corrected chi connectivity index (χ0v) is 13.0. The molecule has 0 aromatic heterocycles. The van der Waals surface area contributed by atoms with Gasteiger partial charge in [-0.3, -0.25) is 4.79 Å². The fourth-order valence-electron chi connectivity index (χ4n) is 1.98. The summed E-state index contributed by atoms with van der Waals surface area (Å²) in [6.07, 6.45) is 2.05. The quantitative estimate of drug-likeness (QED) is 0.693. The van der Waals surface area contributed by atoms with Crippen molar-refractivity contribution >= 4 is 33.3 Å². The van der Waals surface area contributed by atoms with E-state index in [1.165, 1.54) is 5.56 Å². The molecule has 2 aromatic carbocycles. The minimum atomic E-state index is -0.00710. The molecule has 19 heavy (non-hydrogen) atoms. The van der Waals surface area contributed by atoms with Gasteiger partial charge in [-0.25, -0.2) is 0 Å². The summed E-state index contributed by atoms with van der Waals surface area (Å²) in [6.45, 7) is 2.13. The maximum absolute atomic E-state index is 12.5. The molecule has 1 nitrogen and oxygen atoms in total. The van der Waals surface area contributed by atoms with E-state index in [0.717, 1.165) is 17.3 Å². The highest BCUT2D eigenvalue weighted by atomic mass is 79.9.